The Morgan fingerprint density at radius 2 is 2.05 bits per heavy atom. The van der Waals surface area contributed by atoms with Crippen LogP contribution in [0.2, 0.25) is 5.02 Å². The first-order valence-corrected chi connectivity index (χ1v) is 6.76. The number of hydrogen-bond acceptors (Lipinski definition) is 3. The van der Waals surface area contributed by atoms with E-state index in [2.05, 4.69) is 31.2 Å². The van der Waals surface area contributed by atoms with Gasteiger partial charge in [0.1, 0.15) is 0 Å². The Kier molecular flexibility index (Phi) is 3.08. The van der Waals surface area contributed by atoms with E-state index in [9.17, 15) is 0 Å². The second-order valence-corrected chi connectivity index (χ2v) is 5.43. The van der Waals surface area contributed by atoms with E-state index < -0.39 is 0 Å². The zero-order valence-corrected chi connectivity index (χ0v) is 12.1. The van der Waals surface area contributed by atoms with E-state index >= 15 is 0 Å². The average molecular weight is 338 g/mol. The Labute approximate surface area is 123 Å². The van der Waals surface area contributed by atoms with Gasteiger partial charge in [0, 0.05) is 10.2 Å². The van der Waals surface area contributed by atoms with E-state index in [4.69, 9.17) is 17.3 Å². The summed E-state index contributed by atoms with van der Waals surface area (Å²) in [5, 5.41) is 3.77. The van der Waals surface area contributed by atoms with Gasteiger partial charge in [0.05, 0.1) is 21.7 Å². The third-order valence-electron chi connectivity index (χ3n) is 2.69. The maximum atomic E-state index is 6.15. The van der Waals surface area contributed by atoms with Crippen LogP contribution in [0.25, 0.3) is 11.0 Å². The lowest BCUT2D eigenvalue weighted by molar-refractivity contribution is 1.31. The largest absolute Gasteiger partial charge is 0.399 e. The van der Waals surface area contributed by atoms with Gasteiger partial charge in [-0.15, -0.1) is 0 Å². The first kappa shape index (κ1) is 12.3. The van der Waals surface area contributed by atoms with E-state index in [1.54, 1.807) is 0 Å². The van der Waals surface area contributed by atoms with Crippen LogP contribution in [0, 0.1) is 0 Å². The average Bonchev–Trinajstić information content (AvgIpc) is 2.74. The fourth-order valence-electron chi connectivity index (χ4n) is 1.80. The molecule has 96 valence electrons. The fraction of sp³-hybridized carbons (Fsp3) is 0. The molecule has 0 bridgehead atoms. The van der Waals surface area contributed by atoms with E-state index in [0.717, 1.165) is 21.2 Å². The summed E-state index contributed by atoms with van der Waals surface area (Å²) in [5.74, 6) is 0.629. The second kappa shape index (κ2) is 4.75. The molecule has 0 aliphatic heterocycles. The Bertz CT molecular complexity index is 753. The molecule has 0 radical (unpaired) electrons. The zero-order chi connectivity index (χ0) is 13.4. The van der Waals surface area contributed by atoms with Crippen molar-refractivity contribution in [2.24, 2.45) is 0 Å². The summed E-state index contributed by atoms with van der Waals surface area (Å²) in [6.07, 6.45) is 0. The molecule has 4 nitrogen and oxygen atoms in total. The quantitative estimate of drug-likeness (QED) is 0.611. The maximum absolute atomic E-state index is 6.15. The predicted octanol–water partition coefficient (Wildman–Crippen LogP) is 4.30. The van der Waals surface area contributed by atoms with E-state index in [0.29, 0.717) is 16.7 Å². The molecule has 0 spiro atoms. The van der Waals surface area contributed by atoms with Crippen LogP contribution in [0.4, 0.5) is 17.3 Å². The maximum Gasteiger partial charge on any atom is 0.205 e. The molecule has 19 heavy (non-hydrogen) atoms. The minimum atomic E-state index is 0.620. The number of nitrogens with one attached hydrogen (secondary N) is 2. The van der Waals surface area contributed by atoms with Crippen LogP contribution in [-0.4, -0.2) is 9.97 Å². The molecular weight excluding hydrogens is 328 g/mol. The Morgan fingerprint density at radius 1 is 1.21 bits per heavy atom. The van der Waals surface area contributed by atoms with Gasteiger partial charge in [-0.1, -0.05) is 27.5 Å². The number of benzene rings is 2. The summed E-state index contributed by atoms with van der Waals surface area (Å²) in [6, 6.07) is 11.2. The number of nitrogens with zero attached hydrogens (tertiary/aromatic N) is 1. The lowest BCUT2D eigenvalue weighted by atomic mass is 10.3. The number of nitrogen functional groups attached to an aromatic ring is 1. The minimum Gasteiger partial charge on any atom is -0.399 e. The molecule has 0 saturated carbocycles. The molecule has 3 aromatic rings. The van der Waals surface area contributed by atoms with E-state index in [-0.39, 0.29) is 0 Å². The second-order valence-electron chi connectivity index (χ2n) is 4.11. The van der Waals surface area contributed by atoms with Crippen molar-refractivity contribution < 1.29 is 0 Å². The molecule has 0 unspecified atom stereocenters. The highest BCUT2D eigenvalue weighted by atomic mass is 79.9. The summed E-state index contributed by atoms with van der Waals surface area (Å²) in [4.78, 5) is 7.57. The van der Waals surface area contributed by atoms with Crippen LogP contribution >= 0.6 is 27.5 Å². The number of halogens is 2. The van der Waals surface area contributed by atoms with Crippen molar-refractivity contribution in [1.29, 1.82) is 0 Å². The molecular formula is C13H10BrClN4. The van der Waals surface area contributed by atoms with Gasteiger partial charge in [-0.2, -0.15) is 0 Å². The summed E-state index contributed by atoms with van der Waals surface area (Å²) in [5.41, 5.74) is 8.96. The number of anilines is 3. The minimum absolute atomic E-state index is 0.620. The fourth-order valence-corrected chi connectivity index (χ4v) is 2.53. The highest BCUT2D eigenvalue weighted by Crippen LogP contribution is 2.28. The normalized spacial score (nSPS) is 10.8. The molecule has 4 N–H and O–H groups in total. The molecule has 6 heteroatoms. The van der Waals surface area contributed by atoms with E-state index in [1.807, 2.05) is 36.4 Å². The molecule has 1 heterocycles. The molecule has 3 rings (SSSR count). The molecule has 0 aliphatic carbocycles. The third kappa shape index (κ3) is 2.52. The van der Waals surface area contributed by atoms with Crippen LogP contribution < -0.4 is 11.1 Å². The molecule has 0 saturated heterocycles. The van der Waals surface area contributed by atoms with Crippen LogP contribution in [0.3, 0.4) is 0 Å². The van der Waals surface area contributed by atoms with Gasteiger partial charge < -0.3 is 16.0 Å². The number of hydrogen-bond donors (Lipinski definition) is 3. The molecule has 0 aliphatic rings. The van der Waals surface area contributed by atoms with Crippen molar-refractivity contribution in [2.75, 3.05) is 11.1 Å². The summed E-state index contributed by atoms with van der Waals surface area (Å²) in [7, 11) is 0. The van der Waals surface area contributed by atoms with Gasteiger partial charge in [0.25, 0.3) is 0 Å². The van der Waals surface area contributed by atoms with Crippen LogP contribution in [0.1, 0.15) is 0 Å². The number of fused-ring (bicyclic) bond motifs is 1. The molecule has 0 amide bonds. The van der Waals surface area contributed by atoms with E-state index in [1.165, 1.54) is 0 Å². The van der Waals surface area contributed by atoms with Crippen molar-refractivity contribution in [2.45, 2.75) is 0 Å². The number of aromatic nitrogens is 2. The monoisotopic (exact) mass is 336 g/mol. The van der Waals surface area contributed by atoms with Crippen LogP contribution in [0.15, 0.2) is 40.9 Å². The lowest BCUT2D eigenvalue weighted by Gasteiger charge is -2.05. The van der Waals surface area contributed by atoms with Gasteiger partial charge in [-0.3, -0.25) is 0 Å². The Balaban J connectivity index is 1.96. The predicted molar refractivity (Wildman–Crippen MR) is 82.9 cm³/mol. The van der Waals surface area contributed by atoms with Crippen LogP contribution in [-0.2, 0) is 0 Å². The third-order valence-corrected chi connectivity index (χ3v) is 3.50. The van der Waals surface area contributed by atoms with Gasteiger partial charge in [0.2, 0.25) is 5.95 Å². The van der Waals surface area contributed by atoms with Crippen LogP contribution in [0.5, 0.6) is 0 Å². The van der Waals surface area contributed by atoms with Crippen molar-refractivity contribution in [3.63, 3.8) is 0 Å². The SMILES string of the molecule is Nc1ccc2nc(Nc3ccc(Br)cc3Cl)[nH]c2c1. The first-order valence-electron chi connectivity index (χ1n) is 5.59. The van der Waals surface area contributed by atoms with Gasteiger partial charge >= 0.3 is 0 Å². The van der Waals surface area contributed by atoms with Crippen molar-refractivity contribution in [1.82, 2.24) is 9.97 Å². The van der Waals surface area contributed by atoms with Crippen molar-refractivity contribution >= 4 is 55.9 Å². The Morgan fingerprint density at radius 3 is 2.84 bits per heavy atom. The van der Waals surface area contributed by atoms with Gasteiger partial charge in [-0.05, 0) is 36.4 Å². The smallest absolute Gasteiger partial charge is 0.205 e. The molecule has 1 aromatic heterocycles. The number of nitrogens with two attached hydrogens (primary N) is 1. The molecule has 0 fully saturated rings. The summed E-state index contributed by atoms with van der Waals surface area (Å²) < 4.78 is 0.931. The van der Waals surface area contributed by atoms with Gasteiger partial charge in [0.15, 0.2) is 0 Å². The Hall–Kier alpha value is -1.72. The zero-order valence-electron chi connectivity index (χ0n) is 9.74. The topological polar surface area (TPSA) is 66.7 Å². The molecule has 0 atom stereocenters. The first-order chi connectivity index (χ1) is 9.11. The lowest BCUT2D eigenvalue weighted by Crippen LogP contribution is -1.92. The highest BCUT2D eigenvalue weighted by Gasteiger charge is 2.06. The standard InChI is InChI=1S/C13H10BrClN4/c14-7-1-3-10(9(15)5-7)17-13-18-11-4-2-8(16)6-12(11)19-13/h1-6H,16H2,(H2,17,18,19). The molecule has 2 aromatic carbocycles. The summed E-state index contributed by atoms with van der Waals surface area (Å²) >= 11 is 9.52. The number of rotatable bonds is 2. The summed E-state index contributed by atoms with van der Waals surface area (Å²) in [6.45, 7) is 0. The number of imidazole rings is 1. The van der Waals surface area contributed by atoms with Gasteiger partial charge in [-0.25, -0.2) is 4.98 Å². The number of H-pyrrole nitrogens is 1. The van der Waals surface area contributed by atoms with Crippen molar-refractivity contribution in [3.8, 4) is 0 Å². The number of aromatic amines is 1. The van der Waals surface area contributed by atoms with Crippen molar-refractivity contribution in [3.05, 3.63) is 45.9 Å². The highest BCUT2D eigenvalue weighted by molar-refractivity contribution is 9.10.